The van der Waals surface area contributed by atoms with Crippen molar-refractivity contribution >= 4 is 39.5 Å². The topological polar surface area (TPSA) is 101 Å². The molecule has 8 nitrogen and oxygen atoms in total. The van der Waals surface area contributed by atoms with Crippen molar-refractivity contribution in [3.05, 3.63) is 41.1 Å². The van der Waals surface area contributed by atoms with Crippen LogP contribution in [0.3, 0.4) is 0 Å². The molecule has 140 valence electrons. The van der Waals surface area contributed by atoms with Crippen molar-refractivity contribution < 1.29 is 9.18 Å². The smallest absolute Gasteiger partial charge is 0.264 e. The van der Waals surface area contributed by atoms with Crippen LogP contribution < -0.4 is 11.1 Å². The highest BCUT2D eigenvalue weighted by atomic mass is 32.1. The minimum atomic E-state index is -0.563. The van der Waals surface area contributed by atoms with E-state index in [1.807, 2.05) is 6.92 Å². The standard InChI is InChI=1S/C17H18FN7OS/c1-9-12(10-3-5-24(2)6-4-10)17(27-23-9)21-16(26)13-14(19)22-25-8-11(18)7-20-15(13)25/h3,7-8H,4-6H2,1-2H3,(H2,19,22)(H,21,26). The van der Waals surface area contributed by atoms with Gasteiger partial charge in [0.25, 0.3) is 5.91 Å². The third-order valence-corrected chi connectivity index (χ3v) is 5.37. The number of amides is 1. The van der Waals surface area contributed by atoms with E-state index in [-0.39, 0.29) is 17.0 Å². The zero-order valence-corrected chi connectivity index (χ0v) is 15.7. The molecule has 0 saturated carbocycles. The molecule has 4 heterocycles. The predicted molar refractivity (Wildman–Crippen MR) is 102 cm³/mol. The molecule has 3 N–H and O–H groups in total. The van der Waals surface area contributed by atoms with E-state index >= 15 is 0 Å². The van der Waals surface area contributed by atoms with Crippen molar-refractivity contribution in [2.75, 3.05) is 31.2 Å². The number of fused-ring (bicyclic) bond motifs is 1. The van der Waals surface area contributed by atoms with Gasteiger partial charge in [0.1, 0.15) is 10.6 Å². The van der Waals surface area contributed by atoms with E-state index in [4.69, 9.17) is 5.73 Å². The molecule has 0 atom stereocenters. The van der Waals surface area contributed by atoms with Crippen LogP contribution in [0.5, 0.6) is 0 Å². The first-order valence-electron chi connectivity index (χ1n) is 8.39. The lowest BCUT2D eigenvalue weighted by Gasteiger charge is -2.22. The van der Waals surface area contributed by atoms with Gasteiger partial charge in [-0.2, -0.15) is 4.37 Å². The summed E-state index contributed by atoms with van der Waals surface area (Å²) < 4.78 is 18.9. The van der Waals surface area contributed by atoms with E-state index < -0.39 is 11.7 Å². The SMILES string of the molecule is Cc1nsc(NC(=O)c2c(N)nn3cc(F)cnc23)c1C1=CCN(C)CC1. The maximum absolute atomic E-state index is 13.3. The van der Waals surface area contributed by atoms with Crippen LogP contribution >= 0.6 is 11.5 Å². The summed E-state index contributed by atoms with van der Waals surface area (Å²) in [6.07, 6.45) is 5.20. The van der Waals surface area contributed by atoms with Gasteiger partial charge in [-0.3, -0.25) is 4.79 Å². The van der Waals surface area contributed by atoms with Gasteiger partial charge in [0.05, 0.1) is 18.1 Å². The van der Waals surface area contributed by atoms with E-state index in [2.05, 4.69) is 37.8 Å². The summed E-state index contributed by atoms with van der Waals surface area (Å²) in [7, 11) is 2.07. The molecule has 0 saturated heterocycles. The molecule has 1 aliphatic heterocycles. The van der Waals surface area contributed by atoms with Crippen LogP contribution in [0.15, 0.2) is 18.5 Å². The van der Waals surface area contributed by atoms with Crippen LogP contribution in [-0.2, 0) is 0 Å². The van der Waals surface area contributed by atoms with Crippen LogP contribution in [-0.4, -0.2) is 49.9 Å². The number of nitrogen functional groups attached to an aromatic ring is 1. The molecule has 4 rings (SSSR count). The van der Waals surface area contributed by atoms with Gasteiger partial charge in [0.15, 0.2) is 17.3 Å². The Morgan fingerprint density at radius 3 is 3.00 bits per heavy atom. The van der Waals surface area contributed by atoms with Crippen LogP contribution in [0.2, 0.25) is 0 Å². The number of carbonyl (C=O) groups excluding carboxylic acids is 1. The lowest BCUT2D eigenvalue weighted by Crippen LogP contribution is -2.24. The van der Waals surface area contributed by atoms with Crippen LogP contribution in [0.4, 0.5) is 15.2 Å². The Morgan fingerprint density at radius 2 is 2.26 bits per heavy atom. The van der Waals surface area contributed by atoms with Gasteiger partial charge in [0.2, 0.25) is 0 Å². The van der Waals surface area contributed by atoms with Gasteiger partial charge in [-0.1, -0.05) is 6.08 Å². The average Bonchev–Trinajstić information content (AvgIpc) is 3.14. The maximum atomic E-state index is 13.3. The number of rotatable bonds is 3. The lowest BCUT2D eigenvalue weighted by molar-refractivity contribution is 0.102. The number of anilines is 2. The van der Waals surface area contributed by atoms with Gasteiger partial charge in [0, 0.05) is 18.7 Å². The molecule has 1 aliphatic rings. The van der Waals surface area contributed by atoms with Crippen molar-refractivity contribution in [2.24, 2.45) is 0 Å². The first-order valence-corrected chi connectivity index (χ1v) is 9.16. The molecular formula is C17H18FN7OS. The van der Waals surface area contributed by atoms with E-state index in [1.165, 1.54) is 17.1 Å². The van der Waals surface area contributed by atoms with E-state index in [0.717, 1.165) is 47.7 Å². The molecule has 10 heteroatoms. The number of carbonyl (C=O) groups is 1. The first-order chi connectivity index (χ1) is 12.9. The monoisotopic (exact) mass is 387 g/mol. The molecule has 1 amide bonds. The van der Waals surface area contributed by atoms with E-state index in [0.29, 0.717) is 5.00 Å². The summed E-state index contributed by atoms with van der Waals surface area (Å²) in [5.41, 5.74) is 9.19. The normalized spacial score (nSPS) is 15.1. The molecule has 0 spiro atoms. The summed E-state index contributed by atoms with van der Waals surface area (Å²) in [5, 5.41) is 7.51. The largest absolute Gasteiger partial charge is 0.381 e. The van der Waals surface area contributed by atoms with Gasteiger partial charge in [-0.15, -0.1) is 5.10 Å². The number of halogens is 1. The number of aromatic nitrogens is 4. The molecular weight excluding hydrogens is 369 g/mol. The molecule has 0 aliphatic carbocycles. The number of likely N-dealkylation sites (N-methyl/N-ethyl adjacent to an activating group) is 1. The quantitative estimate of drug-likeness (QED) is 0.714. The van der Waals surface area contributed by atoms with Crippen molar-refractivity contribution in [1.82, 2.24) is 23.9 Å². The highest BCUT2D eigenvalue weighted by Crippen LogP contribution is 2.35. The molecule has 3 aromatic heterocycles. The molecule has 3 aromatic rings. The van der Waals surface area contributed by atoms with Crippen molar-refractivity contribution in [3.8, 4) is 0 Å². The number of aryl methyl sites for hydroxylation is 1. The molecule has 0 unspecified atom stereocenters. The Kier molecular flexibility index (Phi) is 4.36. The predicted octanol–water partition coefficient (Wildman–Crippen LogP) is 2.19. The van der Waals surface area contributed by atoms with E-state index in [9.17, 15) is 9.18 Å². The third-order valence-electron chi connectivity index (χ3n) is 4.52. The zero-order chi connectivity index (χ0) is 19.1. The van der Waals surface area contributed by atoms with Gasteiger partial charge in [-0.25, -0.2) is 13.9 Å². The van der Waals surface area contributed by atoms with Gasteiger partial charge in [-0.05, 0) is 37.5 Å². The summed E-state index contributed by atoms with van der Waals surface area (Å²) >= 11 is 1.23. The second-order valence-electron chi connectivity index (χ2n) is 6.47. The Balaban J connectivity index is 1.68. The minimum Gasteiger partial charge on any atom is -0.381 e. The molecule has 0 fully saturated rings. The second-order valence-corrected chi connectivity index (χ2v) is 7.24. The molecule has 27 heavy (non-hydrogen) atoms. The van der Waals surface area contributed by atoms with Crippen LogP contribution in [0, 0.1) is 12.7 Å². The third kappa shape index (κ3) is 3.17. The number of nitrogens with zero attached hydrogens (tertiary/aromatic N) is 5. The van der Waals surface area contributed by atoms with Crippen molar-refractivity contribution in [3.63, 3.8) is 0 Å². The maximum Gasteiger partial charge on any atom is 0.264 e. The Labute approximate surface area is 158 Å². The molecule has 0 aromatic carbocycles. The van der Waals surface area contributed by atoms with Crippen molar-refractivity contribution in [1.29, 1.82) is 0 Å². The lowest BCUT2D eigenvalue weighted by atomic mass is 10.00. The number of nitrogens with one attached hydrogen (secondary N) is 1. The molecule has 0 bridgehead atoms. The van der Waals surface area contributed by atoms with Crippen LogP contribution in [0.25, 0.3) is 11.2 Å². The highest BCUT2D eigenvalue weighted by Gasteiger charge is 2.24. The fourth-order valence-electron chi connectivity index (χ4n) is 3.14. The summed E-state index contributed by atoms with van der Waals surface area (Å²) in [6.45, 7) is 3.73. The highest BCUT2D eigenvalue weighted by molar-refractivity contribution is 7.10. The summed E-state index contributed by atoms with van der Waals surface area (Å²) in [5.74, 6) is -1.02. The average molecular weight is 387 g/mol. The Bertz CT molecular complexity index is 1070. The first kappa shape index (κ1) is 17.6. The fourth-order valence-corrected chi connectivity index (χ4v) is 3.97. The molecule has 0 radical (unpaired) electrons. The Hall–Kier alpha value is -2.85. The number of hydrogen-bond acceptors (Lipinski definition) is 7. The Morgan fingerprint density at radius 1 is 1.44 bits per heavy atom. The van der Waals surface area contributed by atoms with Gasteiger partial charge < -0.3 is 16.0 Å². The fraction of sp³-hybridized carbons (Fsp3) is 0.294. The summed E-state index contributed by atoms with van der Waals surface area (Å²) in [6, 6.07) is 0. The summed E-state index contributed by atoms with van der Waals surface area (Å²) in [4.78, 5) is 19.0. The number of hydrogen-bond donors (Lipinski definition) is 2. The zero-order valence-electron chi connectivity index (χ0n) is 14.9. The van der Waals surface area contributed by atoms with E-state index in [1.54, 1.807) is 0 Å². The number of nitrogens with two attached hydrogens (primary N) is 1. The van der Waals surface area contributed by atoms with Crippen LogP contribution in [0.1, 0.15) is 28.0 Å². The second kappa shape index (κ2) is 6.71. The van der Waals surface area contributed by atoms with Crippen molar-refractivity contribution in [2.45, 2.75) is 13.3 Å². The minimum absolute atomic E-state index is 0.00751. The van der Waals surface area contributed by atoms with Gasteiger partial charge >= 0.3 is 0 Å².